The second kappa shape index (κ2) is 6.63. The number of hydrogen-bond donors (Lipinski definition) is 1. The van der Waals surface area contributed by atoms with E-state index >= 15 is 0 Å². The summed E-state index contributed by atoms with van der Waals surface area (Å²) in [5, 5.41) is 3.91. The summed E-state index contributed by atoms with van der Waals surface area (Å²) in [7, 11) is 0. The molecule has 3 heterocycles. The largest absolute Gasteiger partial charge is 0.359 e. The first-order chi connectivity index (χ1) is 12.6. The van der Waals surface area contributed by atoms with E-state index in [0.29, 0.717) is 18.0 Å². The van der Waals surface area contributed by atoms with Gasteiger partial charge in [-0.3, -0.25) is 9.59 Å². The summed E-state index contributed by atoms with van der Waals surface area (Å²) in [6.45, 7) is 2.45. The van der Waals surface area contributed by atoms with Gasteiger partial charge in [0.05, 0.1) is 11.7 Å². The molecule has 1 saturated heterocycles. The van der Waals surface area contributed by atoms with Crippen molar-refractivity contribution in [1.82, 2.24) is 15.0 Å². The fourth-order valence-electron chi connectivity index (χ4n) is 3.43. The Balaban J connectivity index is 1.63. The van der Waals surface area contributed by atoms with Crippen LogP contribution < -0.4 is 5.56 Å². The lowest BCUT2D eigenvalue weighted by Gasteiger charge is -2.22. The Hall–Kier alpha value is -3.15. The molecule has 0 spiro atoms. The summed E-state index contributed by atoms with van der Waals surface area (Å²) in [5.74, 6) is 0.396. The van der Waals surface area contributed by atoms with Crippen molar-refractivity contribution in [3.05, 3.63) is 75.9 Å². The highest BCUT2D eigenvalue weighted by molar-refractivity contribution is 5.94. The molecule has 1 N–H and O–H groups in total. The topological polar surface area (TPSA) is 79.2 Å². The van der Waals surface area contributed by atoms with Gasteiger partial charge in [0.2, 0.25) is 0 Å². The van der Waals surface area contributed by atoms with E-state index in [9.17, 15) is 9.59 Å². The van der Waals surface area contributed by atoms with E-state index in [1.54, 1.807) is 17.0 Å². The maximum absolute atomic E-state index is 12.9. The first-order valence-electron chi connectivity index (χ1n) is 8.66. The van der Waals surface area contributed by atoms with Crippen LogP contribution in [0.4, 0.5) is 0 Å². The Morgan fingerprint density at radius 1 is 1.23 bits per heavy atom. The molecule has 1 amide bonds. The molecule has 6 heteroatoms. The second-order valence-corrected chi connectivity index (χ2v) is 6.51. The number of nitrogens with zero attached hydrogens (tertiary/aromatic N) is 2. The molecule has 1 aromatic carbocycles. The van der Waals surface area contributed by atoms with Crippen LogP contribution in [0.3, 0.4) is 0 Å². The van der Waals surface area contributed by atoms with Crippen molar-refractivity contribution in [2.75, 3.05) is 6.54 Å². The smallest absolute Gasteiger partial charge is 0.261 e. The molecular weight excluding hydrogens is 330 g/mol. The number of aryl methyl sites for hydroxylation is 1. The van der Waals surface area contributed by atoms with Gasteiger partial charge in [-0.15, -0.1) is 0 Å². The fourth-order valence-corrected chi connectivity index (χ4v) is 3.43. The number of rotatable bonds is 3. The van der Waals surface area contributed by atoms with Crippen molar-refractivity contribution in [3.8, 4) is 11.3 Å². The Labute approximate surface area is 150 Å². The number of pyridine rings is 1. The van der Waals surface area contributed by atoms with Crippen LogP contribution in [0.25, 0.3) is 11.3 Å². The van der Waals surface area contributed by atoms with Crippen molar-refractivity contribution in [1.29, 1.82) is 0 Å². The number of hydrogen-bond acceptors (Lipinski definition) is 4. The van der Waals surface area contributed by atoms with Gasteiger partial charge in [0, 0.05) is 18.3 Å². The van der Waals surface area contributed by atoms with Crippen LogP contribution in [0.1, 0.15) is 40.7 Å². The normalized spacial score (nSPS) is 16.8. The maximum Gasteiger partial charge on any atom is 0.261 e. The zero-order valence-corrected chi connectivity index (χ0v) is 14.4. The molecule has 1 aliphatic heterocycles. The zero-order valence-electron chi connectivity index (χ0n) is 14.4. The molecule has 1 aliphatic rings. The van der Waals surface area contributed by atoms with Crippen LogP contribution in [0, 0.1) is 6.92 Å². The van der Waals surface area contributed by atoms with E-state index in [4.69, 9.17) is 4.52 Å². The number of aromatic amines is 1. The lowest BCUT2D eigenvalue weighted by Crippen LogP contribution is -2.34. The van der Waals surface area contributed by atoms with Crippen molar-refractivity contribution >= 4 is 5.91 Å². The molecule has 6 nitrogen and oxygen atoms in total. The lowest BCUT2D eigenvalue weighted by molar-refractivity contribution is 0.0713. The minimum atomic E-state index is -0.379. The number of benzene rings is 1. The highest BCUT2D eigenvalue weighted by Crippen LogP contribution is 2.33. The van der Waals surface area contributed by atoms with Crippen LogP contribution in [-0.2, 0) is 0 Å². The Morgan fingerprint density at radius 2 is 2.04 bits per heavy atom. The van der Waals surface area contributed by atoms with Gasteiger partial charge in [-0.2, -0.15) is 0 Å². The lowest BCUT2D eigenvalue weighted by atomic mass is 10.1. The van der Waals surface area contributed by atoms with Crippen molar-refractivity contribution in [2.24, 2.45) is 0 Å². The second-order valence-electron chi connectivity index (χ2n) is 6.51. The van der Waals surface area contributed by atoms with Gasteiger partial charge in [0.1, 0.15) is 5.56 Å². The van der Waals surface area contributed by atoms with E-state index in [2.05, 4.69) is 10.1 Å². The Bertz CT molecular complexity index is 991. The summed E-state index contributed by atoms with van der Waals surface area (Å²) in [6, 6.07) is 14.6. The monoisotopic (exact) mass is 349 g/mol. The van der Waals surface area contributed by atoms with Gasteiger partial charge in [-0.1, -0.05) is 35.5 Å². The average Bonchev–Trinajstić information content (AvgIpc) is 3.30. The molecule has 1 unspecified atom stereocenters. The number of likely N-dealkylation sites (tertiary alicyclic amines) is 1. The third-order valence-corrected chi connectivity index (χ3v) is 4.71. The molecular formula is C20H19N3O3. The molecule has 26 heavy (non-hydrogen) atoms. The van der Waals surface area contributed by atoms with E-state index in [0.717, 1.165) is 24.1 Å². The summed E-state index contributed by atoms with van der Waals surface area (Å²) in [6.07, 6.45) is 1.68. The van der Waals surface area contributed by atoms with Crippen molar-refractivity contribution in [2.45, 2.75) is 25.8 Å². The summed E-state index contributed by atoms with van der Waals surface area (Å²) in [4.78, 5) is 30.0. The van der Waals surface area contributed by atoms with Gasteiger partial charge >= 0.3 is 0 Å². The molecule has 0 saturated carbocycles. The third-order valence-electron chi connectivity index (χ3n) is 4.71. The SMILES string of the molecule is Cc1cc(C2CCCN2C(=O)c2ccc(-c3ccccc3)[nH]c2=O)on1. The summed E-state index contributed by atoms with van der Waals surface area (Å²) in [5.41, 5.74) is 2.14. The molecule has 1 atom stereocenters. The third kappa shape index (κ3) is 2.94. The summed E-state index contributed by atoms with van der Waals surface area (Å²) >= 11 is 0. The minimum Gasteiger partial charge on any atom is -0.359 e. The quantitative estimate of drug-likeness (QED) is 0.787. The highest BCUT2D eigenvalue weighted by atomic mass is 16.5. The van der Waals surface area contributed by atoms with Crippen LogP contribution in [0.2, 0.25) is 0 Å². The Kier molecular flexibility index (Phi) is 4.16. The van der Waals surface area contributed by atoms with E-state index in [-0.39, 0.29) is 23.1 Å². The highest BCUT2D eigenvalue weighted by Gasteiger charge is 2.34. The number of amides is 1. The van der Waals surface area contributed by atoms with Gasteiger partial charge in [0.15, 0.2) is 5.76 Å². The molecule has 0 bridgehead atoms. The molecule has 3 aromatic rings. The molecule has 4 rings (SSSR count). The van der Waals surface area contributed by atoms with Gasteiger partial charge < -0.3 is 14.4 Å². The molecule has 132 valence electrons. The first kappa shape index (κ1) is 16.3. The van der Waals surface area contributed by atoms with Crippen molar-refractivity contribution in [3.63, 3.8) is 0 Å². The molecule has 1 fully saturated rings. The Morgan fingerprint density at radius 3 is 2.73 bits per heavy atom. The van der Waals surface area contributed by atoms with Gasteiger partial charge in [-0.05, 0) is 37.5 Å². The molecule has 0 aliphatic carbocycles. The number of carbonyl (C=O) groups is 1. The van der Waals surface area contributed by atoms with Crippen molar-refractivity contribution < 1.29 is 9.32 Å². The predicted molar refractivity (Wildman–Crippen MR) is 96.8 cm³/mol. The van der Waals surface area contributed by atoms with E-state index in [1.807, 2.05) is 43.3 Å². The van der Waals surface area contributed by atoms with Crippen LogP contribution in [-0.4, -0.2) is 27.5 Å². The van der Waals surface area contributed by atoms with Crippen LogP contribution >= 0.6 is 0 Å². The number of aromatic nitrogens is 2. The number of nitrogens with one attached hydrogen (secondary N) is 1. The number of H-pyrrole nitrogens is 1. The van der Waals surface area contributed by atoms with E-state index in [1.165, 1.54) is 0 Å². The molecule has 0 radical (unpaired) electrons. The maximum atomic E-state index is 12.9. The fraction of sp³-hybridized carbons (Fsp3) is 0.250. The minimum absolute atomic E-state index is 0.146. The predicted octanol–water partition coefficient (Wildman–Crippen LogP) is 3.32. The van der Waals surface area contributed by atoms with Gasteiger partial charge in [0.25, 0.3) is 11.5 Å². The average molecular weight is 349 g/mol. The van der Waals surface area contributed by atoms with Crippen LogP contribution in [0.5, 0.6) is 0 Å². The number of carbonyl (C=O) groups excluding carboxylic acids is 1. The standard InChI is InChI=1S/C20H19N3O3/c1-13-12-18(26-22-13)17-8-5-11-23(17)20(25)15-9-10-16(21-19(15)24)14-6-3-2-4-7-14/h2-4,6-7,9-10,12,17H,5,8,11H2,1H3,(H,21,24). The van der Waals surface area contributed by atoms with E-state index < -0.39 is 0 Å². The first-order valence-corrected chi connectivity index (χ1v) is 8.66. The van der Waals surface area contributed by atoms with Gasteiger partial charge in [-0.25, -0.2) is 0 Å². The zero-order chi connectivity index (χ0) is 18.1. The van der Waals surface area contributed by atoms with Crippen LogP contribution in [0.15, 0.2) is 57.8 Å². The molecule has 2 aromatic heterocycles. The summed E-state index contributed by atoms with van der Waals surface area (Å²) < 4.78 is 5.34.